The summed E-state index contributed by atoms with van der Waals surface area (Å²) in [5, 5.41) is 3.16. The molecule has 7 heteroatoms. The van der Waals surface area contributed by atoms with Crippen LogP contribution in [-0.4, -0.2) is 40.7 Å². The highest BCUT2D eigenvalue weighted by molar-refractivity contribution is 7.99. The van der Waals surface area contributed by atoms with E-state index >= 15 is 0 Å². The number of carbonyl (C=O) groups excluding carboxylic acids is 1. The molecule has 0 aliphatic carbocycles. The lowest BCUT2D eigenvalue weighted by Crippen LogP contribution is -2.62. The predicted molar refractivity (Wildman–Crippen MR) is 71.8 cm³/mol. The number of hydrogen-bond donors (Lipinski definition) is 1. The van der Waals surface area contributed by atoms with Crippen molar-refractivity contribution in [1.29, 1.82) is 0 Å². The van der Waals surface area contributed by atoms with Crippen LogP contribution in [-0.2, 0) is 0 Å². The number of hydrogen-bond acceptors (Lipinski definition) is 3. The van der Waals surface area contributed by atoms with Gasteiger partial charge in [-0.2, -0.15) is 24.9 Å². The number of thioether (sulfide) groups is 1. The zero-order valence-corrected chi connectivity index (χ0v) is 11.4. The van der Waals surface area contributed by atoms with E-state index in [0.29, 0.717) is 23.4 Å². The molecule has 0 aromatic heterocycles. The van der Waals surface area contributed by atoms with Crippen LogP contribution in [0.1, 0.15) is 16.8 Å². The third-order valence-corrected chi connectivity index (χ3v) is 4.80. The smallest absolute Gasteiger partial charge is 0.361 e. The van der Waals surface area contributed by atoms with Crippen molar-refractivity contribution in [2.75, 3.05) is 23.4 Å². The van der Waals surface area contributed by atoms with Crippen LogP contribution in [0.5, 0.6) is 0 Å². The van der Waals surface area contributed by atoms with Gasteiger partial charge in [0.2, 0.25) is 0 Å². The van der Waals surface area contributed by atoms with E-state index in [4.69, 9.17) is 0 Å². The Balaban J connectivity index is 2.03. The second kappa shape index (κ2) is 4.58. The Kier molecular flexibility index (Phi) is 3.12. The van der Waals surface area contributed by atoms with Crippen LogP contribution >= 0.6 is 11.8 Å². The van der Waals surface area contributed by atoms with Crippen molar-refractivity contribution in [2.24, 2.45) is 0 Å². The van der Waals surface area contributed by atoms with E-state index in [1.807, 2.05) is 0 Å². The van der Waals surface area contributed by atoms with E-state index in [-0.39, 0.29) is 0 Å². The number of nitrogens with zero attached hydrogens (tertiary/aromatic N) is 1. The third kappa shape index (κ3) is 2.24. The lowest BCUT2D eigenvalue weighted by atomic mass is 9.98. The summed E-state index contributed by atoms with van der Waals surface area (Å²) in [6, 6.07) is 6.73. The number of rotatable bonds is 1. The first kappa shape index (κ1) is 13.6. The van der Waals surface area contributed by atoms with E-state index < -0.39 is 24.3 Å². The van der Waals surface area contributed by atoms with Gasteiger partial charge in [-0.25, -0.2) is 0 Å². The largest absolute Gasteiger partial charge is 0.406 e. The summed E-state index contributed by atoms with van der Waals surface area (Å²) in [5.74, 6) is 0.680. The Hall–Kier alpha value is -1.37. The average Bonchev–Trinajstić information content (AvgIpc) is 2.83. The van der Waals surface area contributed by atoms with Crippen LogP contribution in [0, 0.1) is 0 Å². The molecule has 3 nitrogen and oxygen atoms in total. The zero-order valence-electron chi connectivity index (χ0n) is 10.5. The van der Waals surface area contributed by atoms with Crippen LogP contribution in [0.25, 0.3) is 0 Å². The molecule has 1 fully saturated rings. The summed E-state index contributed by atoms with van der Waals surface area (Å²) >= 11 is 1.56. The molecule has 1 saturated heterocycles. The van der Waals surface area contributed by atoms with Gasteiger partial charge in [0.05, 0.1) is 5.56 Å². The first-order valence-corrected chi connectivity index (χ1v) is 7.40. The van der Waals surface area contributed by atoms with E-state index in [1.54, 1.807) is 36.0 Å². The van der Waals surface area contributed by atoms with Gasteiger partial charge < -0.3 is 10.2 Å². The Labute approximate surface area is 118 Å². The summed E-state index contributed by atoms with van der Waals surface area (Å²) in [5.41, 5.74) is 0.0173. The number of carbonyl (C=O) groups is 1. The third-order valence-electron chi connectivity index (χ3n) is 3.62. The first-order chi connectivity index (χ1) is 9.41. The van der Waals surface area contributed by atoms with Crippen LogP contribution < -0.4 is 5.32 Å². The standard InChI is InChI=1S/C13H13F3N2OS/c14-13(15,16)7-18-11(19)9-3-1-2-4-10(9)17-12(18)5-6-20-8-12/h1-4,17H,5-8H2/t12-/m0/s1. The molecule has 0 radical (unpaired) electrons. The molecule has 1 amide bonds. The number of nitrogens with one attached hydrogen (secondary N) is 1. The van der Waals surface area contributed by atoms with Gasteiger partial charge in [0.15, 0.2) is 0 Å². The molecule has 20 heavy (non-hydrogen) atoms. The van der Waals surface area contributed by atoms with Gasteiger partial charge in [0, 0.05) is 11.4 Å². The maximum Gasteiger partial charge on any atom is 0.406 e. The summed E-state index contributed by atoms with van der Waals surface area (Å²) in [4.78, 5) is 13.4. The second-order valence-corrected chi connectivity index (χ2v) is 6.12. The first-order valence-electron chi connectivity index (χ1n) is 6.25. The molecule has 1 atom stereocenters. The molecule has 108 valence electrons. The second-order valence-electron chi connectivity index (χ2n) is 5.01. The Morgan fingerprint density at radius 3 is 2.75 bits per heavy atom. The SMILES string of the molecule is O=C1c2ccccc2N[C@@]2(CCSC2)N1CC(F)(F)F. The quantitative estimate of drug-likeness (QED) is 0.865. The molecule has 1 N–H and O–H groups in total. The molecule has 2 aliphatic rings. The number of amides is 1. The Morgan fingerprint density at radius 1 is 1.35 bits per heavy atom. The van der Waals surface area contributed by atoms with E-state index in [0.717, 1.165) is 10.7 Å². The van der Waals surface area contributed by atoms with E-state index in [1.165, 1.54) is 0 Å². The van der Waals surface area contributed by atoms with Gasteiger partial charge in [0.25, 0.3) is 5.91 Å². The maximum atomic E-state index is 12.8. The Bertz CT molecular complexity index is 541. The number of benzene rings is 1. The average molecular weight is 302 g/mol. The summed E-state index contributed by atoms with van der Waals surface area (Å²) in [6.45, 7) is -1.21. The molecular weight excluding hydrogens is 289 g/mol. The monoisotopic (exact) mass is 302 g/mol. The highest BCUT2D eigenvalue weighted by Crippen LogP contribution is 2.41. The van der Waals surface area contributed by atoms with Gasteiger partial charge in [-0.05, 0) is 24.3 Å². The van der Waals surface area contributed by atoms with Gasteiger partial charge in [-0.3, -0.25) is 4.79 Å². The molecule has 1 aromatic carbocycles. The molecule has 0 unspecified atom stereocenters. The minimum Gasteiger partial charge on any atom is -0.361 e. The van der Waals surface area contributed by atoms with Crippen molar-refractivity contribution in [3.8, 4) is 0 Å². The number of para-hydroxylation sites is 1. The molecule has 1 spiro atoms. The molecular formula is C13H13F3N2OS. The predicted octanol–water partition coefficient (Wildman–Crippen LogP) is 2.95. The van der Waals surface area contributed by atoms with Crippen molar-refractivity contribution in [1.82, 2.24) is 4.90 Å². The van der Waals surface area contributed by atoms with Crippen LogP contribution in [0.2, 0.25) is 0 Å². The normalized spacial score (nSPS) is 25.8. The lowest BCUT2D eigenvalue weighted by molar-refractivity contribution is -0.149. The van der Waals surface area contributed by atoms with Crippen molar-refractivity contribution in [3.05, 3.63) is 29.8 Å². The maximum absolute atomic E-state index is 12.8. The molecule has 0 saturated carbocycles. The highest BCUT2D eigenvalue weighted by atomic mass is 32.2. The number of anilines is 1. The van der Waals surface area contributed by atoms with Gasteiger partial charge >= 0.3 is 6.18 Å². The number of alkyl halides is 3. The zero-order chi connectivity index (χ0) is 14.4. The van der Waals surface area contributed by atoms with E-state index in [2.05, 4.69) is 5.32 Å². The minimum atomic E-state index is -4.40. The van der Waals surface area contributed by atoms with Crippen molar-refractivity contribution >= 4 is 23.4 Å². The van der Waals surface area contributed by atoms with Crippen molar-refractivity contribution in [3.63, 3.8) is 0 Å². The Morgan fingerprint density at radius 2 is 2.10 bits per heavy atom. The lowest BCUT2D eigenvalue weighted by Gasteiger charge is -2.46. The number of halogens is 3. The molecule has 2 aliphatic heterocycles. The summed E-state index contributed by atoms with van der Waals surface area (Å²) < 4.78 is 38.4. The molecule has 3 rings (SSSR count). The minimum absolute atomic E-state index is 0.305. The van der Waals surface area contributed by atoms with Crippen LogP contribution in [0.15, 0.2) is 24.3 Å². The number of fused-ring (bicyclic) bond motifs is 1. The van der Waals surface area contributed by atoms with Gasteiger partial charge in [0.1, 0.15) is 12.2 Å². The van der Waals surface area contributed by atoms with Crippen LogP contribution in [0.3, 0.4) is 0 Å². The van der Waals surface area contributed by atoms with E-state index in [9.17, 15) is 18.0 Å². The fraction of sp³-hybridized carbons (Fsp3) is 0.462. The summed E-state index contributed by atoms with van der Waals surface area (Å²) in [6.07, 6.45) is -3.88. The van der Waals surface area contributed by atoms with Crippen LogP contribution in [0.4, 0.5) is 18.9 Å². The highest BCUT2D eigenvalue weighted by Gasteiger charge is 2.50. The van der Waals surface area contributed by atoms with Crippen molar-refractivity contribution in [2.45, 2.75) is 18.3 Å². The topological polar surface area (TPSA) is 32.3 Å². The molecule has 2 heterocycles. The van der Waals surface area contributed by atoms with Gasteiger partial charge in [-0.15, -0.1) is 0 Å². The molecule has 0 bridgehead atoms. The van der Waals surface area contributed by atoms with Gasteiger partial charge in [-0.1, -0.05) is 12.1 Å². The molecule has 1 aromatic rings. The summed E-state index contributed by atoms with van der Waals surface area (Å²) in [7, 11) is 0. The fourth-order valence-electron chi connectivity index (χ4n) is 2.70. The van der Waals surface area contributed by atoms with Crippen molar-refractivity contribution < 1.29 is 18.0 Å². The fourth-order valence-corrected chi connectivity index (χ4v) is 4.04.